The molecule has 2 rings (SSSR count). The van der Waals surface area contributed by atoms with Crippen molar-refractivity contribution in [2.75, 3.05) is 6.61 Å². The quantitative estimate of drug-likeness (QED) is 0.845. The van der Waals surface area contributed by atoms with E-state index in [1.165, 1.54) is 5.56 Å². The van der Waals surface area contributed by atoms with Gasteiger partial charge in [0.15, 0.2) is 0 Å². The van der Waals surface area contributed by atoms with Gasteiger partial charge in [0, 0.05) is 5.56 Å². The van der Waals surface area contributed by atoms with Gasteiger partial charge in [-0.1, -0.05) is 32.4 Å². The number of fused-ring (bicyclic) bond motifs is 1. The van der Waals surface area contributed by atoms with Gasteiger partial charge < -0.3 is 9.84 Å². The molecule has 0 amide bonds. The standard InChI is InChI=1S/C14H20O2/c1-3-10(2)9-16-14-6-4-5-11-12(14)7-8-13(11)15/h4-6,10,13,15H,3,7-9H2,1-2H3. The van der Waals surface area contributed by atoms with Gasteiger partial charge in [-0.2, -0.15) is 0 Å². The fourth-order valence-electron chi connectivity index (χ4n) is 2.08. The minimum absolute atomic E-state index is 0.290. The summed E-state index contributed by atoms with van der Waals surface area (Å²) in [6.45, 7) is 5.13. The molecule has 1 aromatic rings. The summed E-state index contributed by atoms with van der Waals surface area (Å²) in [6, 6.07) is 5.99. The minimum Gasteiger partial charge on any atom is -0.493 e. The maximum Gasteiger partial charge on any atom is 0.122 e. The van der Waals surface area contributed by atoms with Crippen LogP contribution >= 0.6 is 0 Å². The maximum absolute atomic E-state index is 9.77. The SMILES string of the molecule is CCC(C)COc1cccc2c1CCC2O. The molecule has 0 bridgehead atoms. The summed E-state index contributed by atoms with van der Waals surface area (Å²) in [5, 5.41) is 9.77. The van der Waals surface area contributed by atoms with Crippen molar-refractivity contribution in [3.05, 3.63) is 29.3 Å². The number of aliphatic hydroxyl groups is 1. The van der Waals surface area contributed by atoms with Crippen molar-refractivity contribution >= 4 is 0 Å². The van der Waals surface area contributed by atoms with Crippen LogP contribution in [-0.4, -0.2) is 11.7 Å². The summed E-state index contributed by atoms with van der Waals surface area (Å²) in [7, 11) is 0. The lowest BCUT2D eigenvalue weighted by atomic mass is 10.1. The molecule has 0 heterocycles. The zero-order chi connectivity index (χ0) is 11.5. The fraction of sp³-hybridized carbons (Fsp3) is 0.571. The molecule has 1 N–H and O–H groups in total. The highest BCUT2D eigenvalue weighted by Crippen LogP contribution is 2.36. The molecule has 0 saturated heterocycles. The molecule has 88 valence electrons. The van der Waals surface area contributed by atoms with E-state index in [-0.39, 0.29) is 6.10 Å². The van der Waals surface area contributed by atoms with Crippen LogP contribution in [0, 0.1) is 5.92 Å². The number of hydrogen-bond acceptors (Lipinski definition) is 2. The minimum atomic E-state index is -0.290. The van der Waals surface area contributed by atoms with Crippen molar-refractivity contribution in [1.82, 2.24) is 0 Å². The van der Waals surface area contributed by atoms with E-state index in [0.717, 1.165) is 37.2 Å². The normalized spacial score (nSPS) is 20.6. The van der Waals surface area contributed by atoms with Gasteiger partial charge >= 0.3 is 0 Å². The Labute approximate surface area is 97.3 Å². The molecule has 0 fully saturated rings. The zero-order valence-electron chi connectivity index (χ0n) is 10.1. The van der Waals surface area contributed by atoms with E-state index in [1.807, 2.05) is 18.2 Å². The second-order valence-electron chi connectivity index (χ2n) is 4.70. The average molecular weight is 220 g/mol. The molecular formula is C14H20O2. The van der Waals surface area contributed by atoms with Crippen LogP contribution in [0.5, 0.6) is 5.75 Å². The van der Waals surface area contributed by atoms with Crippen LogP contribution < -0.4 is 4.74 Å². The number of benzene rings is 1. The predicted octanol–water partition coefficient (Wildman–Crippen LogP) is 3.09. The van der Waals surface area contributed by atoms with Crippen molar-refractivity contribution in [2.24, 2.45) is 5.92 Å². The van der Waals surface area contributed by atoms with Crippen LogP contribution in [0.3, 0.4) is 0 Å². The summed E-state index contributed by atoms with van der Waals surface area (Å²) < 4.78 is 5.84. The van der Waals surface area contributed by atoms with Gasteiger partial charge in [-0.05, 0) is 30.4 Å². The molecule has 1 aliphatic rings. The Kier molecular flexibility index (Phi) is 3.49. The molecular weight excluding hydrogens is 200 g/mol. The van der Waals surface area contributed by atoms with Gasteiger partial charge in [0.1, 0.15) is 5.75 Å². The van der Waals surface area contributed by atoms with Gasteiger partial charge in [0.2, 0.25) is 0 Å². The second-order valence-corrected chi connectivity index (χ2v) is 4.70. The first kappa shape index (κ1) is 11.5. The van der Waals surface area contributed by atoms with E-state index in [9.17, 15) is 5.11 Å². The fourth-order valence-corrected chi connectivity index (χ4v) is 2.08. The third-order valence-electron chi connectivity index (χ3n) is 3.42. The topological polar surface area (TPSA) is 29.5 Å². The molecule has 2 atom stereocenters. The largest absolute Gasteiger partial charge is 0.493 e. The van der Waals surface area contributed by atoms with Gasteiger partial charge in [-0.25, -0.2) is 0 Å². The molecule has 2 unspecified atom stereocenters. The van der Waals surface area contributed by atoms with E-state index in [0.29, 0.717) is 5.92 Å². The highest BCUT2D eigenvalue weighted by atomic mass is 16.5. The monoisotopic (exact) mass is 220 g/mol. The van der Waals surface area contributed by atoms with Gasteiger partial charge in [0.25, 0.3) is 0 Å². The average Bonchev–Trinajstić information content (AvgIpc) is 2.69. The first-order valence-corrected chi connectivity index (χ1v) is 6.15. The summed E-state index contributed by atoms with van der Waals surface area (Å²) in [6.07, 6.45) is 2.62. The number of hydrogen-bond donors (Lipinski definition) is 1. The first-order valence-electron chi connectivity index (χ1n) is 6.15. The Hall–Kier alpha value is -1.02. The summed E-state index contributed by atoms with van der Waals surface area (Å²) in [5.41, 5.74) is 2.26. The van der Waals surface area contributed by atoms with Crippen LogP contribution in [0.25, 0.3) is 0 Å². The Morgan fingerprint density at radius 1 is 1.50 bits per heavy atom. The van der Waals surface area contributed by atoms with Crippen LogP contribution in [0.2, 0.25) is 0 Å². The summed E-state index contributed by atoms with van der Waals surface area (Å²) >= 11 is 0. The van der Waals surface area contributed by atoms with Crippen molar-refractivity contribution < 1.29 is 9.84 Å². The van der Waals surface area contributed by atoms with Crippen LogP contribution in [0.15, 0.2) is 18.2 Å². The molecule has 0 aromatic heterocycles. The Morgan fingerprint density at radius 2 is 2.31 bits per heavy atom. The predicted molar refractivity (Wildman–Crippen MR) is 64.7 cm³/mol. The lowest BCUT2D eigenvalue weighted by Gasteiger charge is -2.14. The summed E-state index contributed by atoms with van der Waals surface area (Å²) in [4.78, 5) is 0. The van der Waals surface area contributed by atoms with E-state index < -0.39 is 0 Å². The van der Waals surface area contributed by atoms with Crippen molar-refractivity contribution in [3.8, 4) is 5.75 Å². The van der Waals surface area contributed by atoms with Crippen LogP contribution in [0.1, 0.15) is 43.9 Å². The number of aliphatic hydroxyl groups excluding tert-OH is 1. The number of ether oxygens (including phenoxy) is 1. The molecule has 2 heteroatoms. The molecule has 1 aliphatic carbocycles. The second kappa shape index (κ2) is 4.88. The third kappa shape index (κ3) is 2.22. The molecule has 0 radical (unpaired) electrons. The third-order valence-corrected chi connectivity index (χ3v) is 3.42. The van der Waals surface area contributed by atoms with E-state index in [1.54, 1.807) is 0 Å². The molecule has 0 spiro atoms. The highest BCUT2D eigenvalue weighted by Gasteiger charge is 2.23. The van der Waals surface area contributed by atoms with E-state index >= 15 is 0 Å². The number of rotatable bonds is 4. The lowest BCUT2D eigenvalue weighted by Crippen LogP contribution is -2.08. The van der Waals surface area contributed by atoms with Crippen LogP contribution in [-0.2, 0) is 6.42 Å². The smallest absolute Gasteiger partial charge is 0.122 e. The highest BCUT2D eigenvalue weighted by molar-refractivity contribution is 5.44. The van der Waals surface area contributed by atoms with Gasteiger partial charge in [0.05, 0.1) is 12.7 Å². The Morgan fingerprint density at radius 3 is 3.06 bits per heavy atom. The summed E-state index contributed by atoms with van der Waals surface area (Å²) in [5.74, 6) is 1.55. The van der Waals surface area contributed by atoms with Gasteiger partial charge in [-0.15, -0.1) is 0 Å². The molecule has 0 saturated carbocycles. The molecule has 0 aliphatic heterocycles. The van der Waals surface area contributed by atoms with Gasteiger partial charge in [-0.3, -0.25) is 0 Å². The Balaban J connectivity index is 2.11. The first-order chi connectivity index (χ1) is 7.72. The molecule has 1 aromatic carbocycles. The van der Waals surface area contributed by atoms with Crippen molar-refractivity contribution in [3.63, 3.8) is 0 Å². The molecule has 16 heavy (non-hydrogen) atoms. The van der Waals surface area contributed by atoms with E-state index in [2.05, 4.69) is 13.8 Å². The van der Waals surface area contributed by atoms with Crippen LogP contribution in [0.4, 0.5) is 0 Å². The molecule has 2 nitrogen and oxygen atoms in total. The van der Waals surface area contributed by atoms with Crippen molar-refractivity contribution in [1.29, 1.82) is 0 Å². The Bertz CT molecular complexity index is 360. The van der Waals surface area contributed by atoms with E-state index in [4.69, 9.17) is 4.74 Å². The van der Waals surface area contributed by atoms with Crippen molar-refractivity contribution in [2.45, 2.75) is 39.2 Å². The lowest BCUT2D eigenvalue weighted by molar-refractivity contribution is 0.180. The maximum atomic E-state index is 9.77. The zero-order valence-corrected chi connectivity index (χ0v) is 10.1.